The van der Waals surface area contributed by atoms with Gasteiger partial charge in [-0.3, -0.25) is 14.7 Å². The van der Waals surface area contributed by atoms with Gasteiger partial charge in [0.25, 0.3) is 5.91 Å². The highest BCUT2D eigenvalue weighted by molar-refractivity contribution is 14.0. The second-order valence-corrected chi connectivity index (χ2v) is 6.73. The van der Waals surface area contributed by atoms with Crippen LogP contribution in [0, 0.1) is 5.92 Å². The van der Waals surface area contributed by atoms with Crippen molar-refractivity contribution < 1.29 is 13.9 Å². The zero-order chi connectivity index (χ0) is 19.6. The maximum absolute atomic E-state index is 11.1. The number of nitrogens with zero attached hydrogens (tertiary/aromatic N) is 2. The van der Waals surface area contributed by atoms with Crippen molar-refractivity contribution in [3.05, 3.63) is 23.7 Å². The van der Waals surface area contributed by atoms with Crippen LogP contribution in [-0.2, 0) is 11.3 Å². The summed E-state index contributed by atoms with van der Waals surface area (Å²) < 4.78 is 10.9. The van der Waals surface area contributed by atoms with Crippen molar-refractivity contribution in [2.24, 2.45) is 16.6 Å². The first kappa shape index (κ1) is 24.7. The van der Waals surface area contributed by atoms with Gasteiger partial charge >= 0.3 is 0 Å². The predicted octanol–water partition coefficient (Wildman–Crippen LogP) is 1.80. The molecule has 0 saturated carbocycles. The lowest BCUT2D eigenvalue weighted by molar-refractivity contribution is 0.00272. The summed E-state index contributed by atoms with van der Waals surface area (Å²) in [5.41, 5.74) is 5.21. The molecule has 1 unspecified atom stereocenters. The van der Waals surface area contributed by atoms with E-state index in [0.717, 1.165) is 45.7 Å². The molecule has 4 N–H and O–H groups in total. The number of hydrogen-bond donors (Lipinski definition) is 3. The SMILES string of the molecule is CCC(CC)C(CNC(=NC)NCc1ccc(C(N)=O)o1)N1CCOCC1.I. The number of carbonyl (C=O) groups is 1. The third-order valence-corrected chi connectivity index (χ3v) is 5.14. The normalized spacial score (nSPS) is 16.5. The molecule has 1 atom stereocenters. The molecule has 1 amide bonds. The largest absolute Gasteiger partial charge is 0.454 e. The Morgan fingerprint density at radius 2 is 1.93 bits per heavy atom. The van der Waals surface area contributed by atoms with Gasteiger partial charge in [-0.1, -0.05) is 26.7 Å². The van der Waals surface area contributed by atoms with Gasteiger partial charge in [0.2, 0.25) is 0 Å². The third kappa shape index (κ3) is 7.25. The fourth-order valence-electron chi connectivity index (χ4n) is 3.53. The number of halogens is 1. The highest BCUT2D eigenvalue weighted by atomic mass is 127. The average Bonchev–Trinajstić information content (AvgIpc) is 3.17. The van der Waals surface area contributed by atoms with E-state index in [1.165, 1.54) is 0 Å². The van der Waals surface area contributed by atoms with Crippen LogP contribution in [0.3, 0.4) is 0 Å². The number of morpholine rings is 1. The number of nitrogens with two attached hydrogens (primary N) is 1. The van der Waals surface area contributed by atoms with Gasteiger partial charge in [-0.2, -0.15) is 0 Å². The number of aliphatic imine (C=N–C) groups is 1. The van der Waals surface area contributed by atoms with Gasteiger partial charge in [0.15, 0.2) is 11.7 Å². The van der Waals surface area contributed by atoms with E-state index >= 15 is 0 Å². The van der Waals surface area contributed by atoms with Crippen LogP contribution in [0.25, 0.3) is 0 Å². The number of guanidine groups is 1. The summed E-state index contributed by atoms with van der Waals surface area (Å²) in [7, 11) is 1.74. The number of rotatable bonds is 9. The number of carbonyl (C=O) groups excluding carboxylic acids is 1. The Kier molecular flexibility index (Phi) is 11.5. The Morgan fingerprint density at radius 3 is 2.46 bits per heavy atom. The Bertz CT molecular complexity index is 612. The number of amides is 1. The van der Waals surface area contributed by atoms with Gasteiger partial charge in [0, 0.05) is 32.7 Å². The molecule has 0 radical (unpaired) electrons. The molecule has 1 aliphatic rings. The van der Waals surface area contributed by atoms with Crippen molar-refractivity contribution in [1.82, 2.24) is 15.5 Å². The molecule has 160 valence electrons. The molecule has 28 heavy (non-hydrogen) atoms. The van der Waals surface area contributed by atoms with Crippen LogP contribution in [0.2, 0.25) is 0 Å². The molecule has 0 aromatic carbocycles. The molecular formula is C19H34IN5O3. The molecule has 0 bridgehead atoms. The molecule has 1 fully saturated rings. The molecule has 1 aromatic heterocycles. The van der Waals surface area contributed by atoms with E-state index in [2.05, 4.69) is 34.4 Å². The van der Waals surface area contributed by atoms with Crippen molar-refractivity contribution in [3.63, 3.8) is 0 Å². The summed E-state index contributed by atoms with van der Waals surface area (Å²) in [5, 5.41) is 6.66. The maximum Gasteiger partial charge on any atom is 0.284 e. The lowest BCUT2D eigenvalue weighted by Gasteiger charge is -2.39. The summed E-state index contributed by atoms with van der Waals surface area (Å²) in [6, 6.07) is 3.76. The van der Waals surface area contributed by atoms with Gasteiger partial charge in [0.05, 0.1) is 19.8 Å². The Hall–Kier alpha value is -1.33. The maximum atomic E-state index is 11.1. The lowest BCUT2D eigenvalue weighted by atomic mass is 9.92. The minimum Gasteiger partial charge on any atom is -0.454 e. The van der Waals surface area contributed by atoms with Crippen molar-refractivity contribution in [1.29, 1.82) is 0 Å². The number of ether oxygens (including phenoxy) is 1. The monoisotopic (exact) mass is 507 g/mol. The van der Waals surface area contributed by atoms with Crippen molar-refractivity contribution in [3.8, 4) is 0 Å². The Balaban J connectivity index is 0.00000392. The van der Waals surface area contributed by atoms with Crippen molar-refractivity contribution in [2.45, 2.75) is 39.3 Å². The predicted molar refractivity (Wildman–Crippen MR) is 121 cm³/mol. The fraction of sp³-hybridized carbons (Fsp3) is 0.684. The van der Waals surface area contributed by atoms with Gasteiger partial charge in [-0.15, -0.1) is 24.0 Å². The van der Waals surface area contributed by atoms with E-state index < -0.39 is 5.91 Å². The van der Waals surface area contributed by atoms with Crippen LogP contribution in [0.15, 0.2) is 21.5 Å². The third-order valence-electron chi connectivity index (χ3n) is 5.14. The standard InChI is InChI=1S/C19H33N5O3.HI/c1-4-14(5-2)16(24-8-10-26-11-9-24)13-23-19(21-3)22-12-15-6-7-17(27-15)18(20)25;/h6-7,14,16H,4-5,8-13H2,1-3H3,(H2,20,25)(H2,21,22,23);1H. The molecule has 2 heterocycles. The number of hydrogen-bond acceptors (Lipinski definition) is 5. The Labute approximate surface area is 184 Å². The first-order valence-corrected chi connectivity index (χ1v) is 9.73. The summed E-state index contributed by atoms with van der Waals surface area (Å²) in [6.07, 6.45) is 2.29. The molecule has 2 rings (SSSR count). The van der Waals surface area contributed by atoms with Crippen molar-refractivity contribution in [2.75, 3.05) is 39.9 Å². The van der Waals surface area contributed by atoms with Crippen LogP contribution in [0.5, 0.6) is 0 Å². The minimum atomic E-state index is -0.567. The Morgan fingerprint density at radius 1 is 1.25 bits per heavy atom. The molecule has 0 spiro atoms. The molecule has 8 nitrogen and oxygen atoms in total. The van der Waals surface area contributed by atoms with E-state index in [1.54, 1.807) is 19.2 Å². The van der Waals surface area contributed by atoms with E-state index in [9.17, 15) is 4.79 Å². The number of primary amides is 1. The van der Waals surface area contributed by atoms with Crippen molar-refractivity contribution >= 4 is 35.8 Å². The van der Waals surface area contributed by atoms with E-state index in [-0.39, 0.29) is 29.7 Å². The second-order valence-electron chi connectivity index (χ2n) is 6.73. The van der Waals surface area contributed by atoms with Gasteiger partial charge in [-0.25, -0.2) is 0 Å². The molecule has 1 aliphatic heterocycles. The van der Waals surface area contributed by atoms with Crippen LogP contribution in [0.4, 0.5) is 0 Å². The summed E-state index contributed by atoms with van der Waals surface area (Å²) >= 11 is 0. The van der Waals surface area contributed by atoms with E-state index in [0.29, 0.717) is 30.2 Å². The molecule has 0 aliphatic carbocycles. The molecule has 1 aromatic rings. The second kappa shape index (κ2) is 13.0. The van der Waals surface area contributed by atoms with Crippen LogP contribution in [-0.4, -0.2) is 62.7 Å². The first-order chi connectivity index (χ1) is 13.1. The van der Waals surface area contributed by atoms with Crippen LogP contribution < -0.4 is 16.4 Å². The van der Waals surface area contributed by atoms with Gasteiger partial charge in [-0.05, 0) is 18.1 Å². The topological polar surface area (TPSA) is 105 Å². The smallest absolute Gasteiger partial charge is 0.284 e. The fourth-order valence-corrected chi connectivity index (χ4v) is 3.53. The van der Waals surface area contributed by atoms with Gasteiger partial charge in [0.1, 0.15) is 5.76 Å². The summed E-state index contributed by atoms with van der Waals surface area (Å²) in [4.78, 5) is 17.9. The molecular weight excluding hydrogens is 473 g/mol. The average molecular weight is 507 g/mol. The van der Waals surface area contributed by atoms with E-state index in [1.807, 2.05) is 0 Å². The van der Waals surface area contributed by atoms with E-state index in [4.69, 9.17) is 14.9 Å². The van der Waals surface area contributed by atoms with Gasteiger partial charge < -0.3 is 25.5 Å². The lowest BCUT2D eigenvalue weighted by Crippen LogP contribution is -2.53. The molecule has 9 heteroatoms. The zero-order valence-corrected chi connectivity index (χ0v) is 19.4. The number of nitrogens with one attached hydrogen (secondary N) is 2. The summed E-state index contributed by atoms with van der Waals surface area (Å²) in [5.74, 6) is 1.56. The molecule has 1 saturated heterocycles. The first-order valence-electron chi connectivity index (χ1n) is 9.73. The minimum absolute atomic E-state index is 0. The van der Waals surface area contributed by atoms with Crippen LogP contribution in [0.1, 0.15) is 43.0 Å². The zero-order valence-electron chi connectivity index (χ0n) is 17.1. The quantitative estimate of drug-likeness (QED) is 0.268. The highest BCUT2D eigenvalue weighted by Crippen LogP contribution is 2.19. The summed E-state index contributed by atoms with van der Waals surface area (Å²) in [6.45, 7) is 9.28. The van der Waals surface area contributed by atoms with Crippen LogP contribution >= 0.6 is 24.0 Å². The number of furan rings is 1. The highest BCUT2D eigenvalue weighted by Gasteiger charge is 2.27.